The summed E-state index contributed by atoms with van der Waals surface area (Å²) < 4.78 is 0. The molecular weight excluding hydrogens is 212 g/mol. The average molecular weight is 232 g/mol. The first-order valence-corrected chi connectivity index (χ1v) is 6.28. The Kier molecular flexibility index (Phi) is 3.79. The van der Waals surface area contributed by atoms with Crippen LogP contribution < -0.4 is 5.73 Å². The first-order valence-electron chi connectivity index (χ1n) is 6.28. The Morgan fingerprint density at radius 2 is 1.94 bits per heavy atom. The molecule has 0 radical (unpaired) electrons. The van der Waals surface area contributed by atoms with E-state index in [1.807, 2.05) is 24.0 Å². The van der Waals surface area contributed by atoms with E-state index < -0.39 is 0 Å². The van der Waals surface area contributed by atoms with Gasteiger partial charge in [0.05, 0.1) is 0 Å². The van der Waals surface area contributed by atoms with Crippen molar-refractivity contribution in [2.45, 2.75) is 32.9 Å². The van der Waals surface area contributed by atoms with Crippen molar-refractivity contribution in [3.8, 4) is 0 Å². The van der Waals surface area contributed by atoms with Crippen LogP contribution in [0.1, 0.15) is 30.9 Å². The fourth-order valence-electron chi connectivity index (χ4n) is 2.35. The molecule has 1 aromatic carbocycles. The van der Waals surface area contributed by atoms with E-state index in [9.17, 15) is 4.79 Å². The Hall–Kier alpha value is -1.35. The number of hydrogen-bond acceptors (Lipinski definition) is 2. The maximum atomic E-state index is 12.2. The summed E-state index contributed by atoms with van der Waals surface area (Å²) in [5.41, 5.74) is 8.04. The van der Waals surface area contributed by atoms with Gasteiger partial charge in [-0.2, -0.15) is 0 Å². The Labute approximate surface area is 103 Å². The molecule has 2 rings (SSSR count). The molecule has 0 saturated carbocycles. The third-order valence-corrected chi connectivity index (χ3v) is 3.42. The van der Waals surface area contributed by atoms with E-state index in [4.69, 9.17) is 5.73 Å². The highest BCUT2D eigenvalue weighted by atomic mass is 16.2. The number of hydrogen-bond donors (Lipinski definition) is 1. The van der Waals surface area contributed by atoms with Crippen LogP contribution in [0.15, 0.2) is 24.3 Å². The molecule has 0 saturated heterocycles. The molecule has 3 nitrogen and oxygen atoms in total. The highest BCUT2D eigenvalue weighted by Crippen LogP contribution is 2.24. The fraction of sp³-hybridized carbons (Fsp3) is 0.500. The molecule has 1 unspecified atom stereocenters. The Morgan fingerprint density at radius 1 is 1.35 bits per heavy atom. The van der Waals surface area contributed by atoms with E-state index in [1.54, 1.807) is 0 Å². The first kappa shape index (κ1) is 12.1. The Morgan fingerprint density at radius 3 is 2.47 bits per heavy atom. The third-order valence-electron chi connectivity index (χ3n) is 3.42. The van der Waals surface area contributed by atoms with E-state index in [2.05, 4.69) is 12.1 Å². The number of rotatable bonds is 4. The van der Waals surface area contributed by atoms with Crippen LogP contribution in [-0.4, -0.2) is 17.4 Å². The molecular formula is C14H20N2O. The van der Waals surface area contributed by atoms with Crippen molar-refractivity contribution >= 4 is 5.91 Å². The van der Waals surface area contributed by atoms with E-state index in [1.165, 1.54) is 11.1 Å². The van der Waals surface area contributed by atoms with E-state index in [0.717, 1.165) is 25.9 Å². The van der Waals surface area contributed by atoms with E-state index in [0.29, 0.717) is 6.54 Å². The Bertz CT molecular complexity index is 378. The fourth-order valence-corrected chi connectivity index (χ4v) is 2.35. The minimum atomic E-state index is 0.0906. The smallest absolute Gasteiger partial charge is 0.226 e. The molecule has 0 bridgehead atoms. The molecule has 2 N–H and O–H groups in total. The van der Waals surface area contributed by atoms with Crippen molar-refractivity contribution in [2.75, 3.05) is 6.54 Å². The highest BCUT2D eigenvalue weighted by molar-refractivity contribution is 5.79. The normalized spacial score (nSPS) is 15.8. The summed E-state index contributed by atoms with van der Waals surface area (Å²) in [6, 6.07) is 8.27. The van der Waals surface area contributed by atoms with Crippen LogP contribution in [0.5, 0.6) is 0 Å². The minimum absolute atomic E-state index is 0.0906. The quantitative estimate of drug-likeness (QED) is 0.862. The van der Waals surface area contributed by atoms with Crippen molar-refractivity contribution < 1.29 is 4.79 Å². The lowest BCUT2D eigenvalue weighted by Gasteiger charge is -2.20. The van der Waals surface area contributed by atoms with Gasteiger partial charge in [0.2, 0.25) is 5.91 Å². The predicted octanol–water partition coefficient (Wildman–Crippen LogP) is 1.90. The summed E-state index contributed by atoms with van der Waals surface area (Å²) in [5.74, 6) is 0.350. The van der Waals surface area contributed by atoms with Gasteiger partial charge in [0, 0.05) is 19.0 Å². The van der Waals surface area contributed by atoms with Gasteiger partial charge in [-0.1, -0.05) is 31.2 Å². The largest absolute Gasteiger partial charge is 0.334 e. The number of benzene rings is 1. The van der Waals surface area contributed by atoms with Crippen molar-refractivity contribution in [1.82, 2.24) is 4.90 Å². The zero-order valence-electron chi connectivity index (χ0n) is 10.4. The Balaban J connectivity index is 1.96. The number of carbonyl (C=O) groups is 1. The molecule has 0 aliphatic carbocycles. The molecule has 1 aliphatic rings. The second-order valence-corrected chi connectivity index (χ2v) is 4.79. The standard InChI is InChI=1S/C14H20N2O/c1-11(5-4-8-15)14(17)16-9-12-6-2-3-7-13(12)10-16/h2-3,6-7,11H,4-5,8-10,15H2,1H3. The van der Waals surface area contributed by atoms with Gasteiger partial charge in [0.25, 0.3) is 0 Å². The molecule has 1 atom stereocenters. The van der Waals surface area contributed by atoms with Gasteiger partial charge in [0.1, 0.15) is 0 Å². The van der Waals surface area contributed by atoms with Crippen LogP contribution in [0, 0.1) is 5.92 Å². The summed E-state index contributed by atoms with van der Waals surface area (Å²) in [5, 5.41) is 0. The average Bonchev–Trinajstić information content (AvgIpc) is 2.78. The predicted molar refractivity (Wildman–Crippen MR) is 68.1 cm³/mol. The summed E-state index contributed by atoms with van der Waals surface area (Å²) in [4.78, 5) is 14.2. The summed E-state index contributed by atoms with van der Waals surface area (Å²) in [6.45, 7) is 4.20. The number of carbonyl (C=O) groups excluding carboxylic acids is 1. The second kappa shape index (κ2) is 5.32. The monoisotopic (exact) mass is 232 g/mol. The summed E-state index contributed by atoms with van der Waals surface area (Å²) >= 11 is 0. The SMILES string of the molecule is CC(CCCN)C(=O)N1Cc2ccccc2C1. The molecule has 0 fully saturated rings. The van der Waals surface area contributed by atoms with Gasteiger partial charge in [-0.05, 0) is 30.5 Å². The molecule has 1 amide bonds. The summed E-state index contributed by atoms with van der Waals surface area (Å²) in [7, 11) is 0. The van der Waals surface area contributed by atoms with Gasteiger partial charge in [0.15, 0.2) is 0 Å². The number of fused-ring (bicyclic) bond motifs is 1. The van der Waals surface area contributed by atoms with Crippen molar-refractivity contribution in [1.29, 1.82) is 0 Å². The molecule has 3 heteroatoms. The maximum Gasteiger partial charge on any atom is 0.226 e. The second-order valence-electron chi connectivity index (χ2n) is 4.79. The maximum absolute atomic E-state index is 12.2. The van der Waals surface area contributed by atoms with Gasteiger partial charge in [-0.3, -0.25) is 4.79 Å². The topological polar surface area (TPSA) is 46.3 Å². The highest BCUT2D eigenvalue weighted by Gasteiger charge is 2.25. The van der Waals surface area contributed by atoms with E-state index in [-0.39, 0.29) is 11.8 Å². The molecule has 1 heterocycles. The zero-order valence-corrected chi connectivity index (χ0v) is 10.4. The van der Waals surface area contributed by atoms with Crippen molar-refractivity contribution in [3.63, 3.8) is 0 Å². The lowest BCUT2D eigenvalue weighted by molar-refractivity contribution is -0.135. The van der Waals surface area contributed by atoms with Crippen LogP contribution in [0.4, 0.5) is 0 Å². The summed E-state index contributed by atoms with van der Waals surface area (Å²) in [6.07, 6.45) is 1.82. The molecule has 92 valence electrons. The number of nitrogens with two attached hydrogens (primary N) is 1. The van der Waals surface area contributed by atoms with Crippen LogP contribution in [0.3, 0.4) is 0 Å². The van der Waals surface area contributed by atoms with Crippen molar-refractivity contribution in [3.05, 3.63) is 35.4 Å². The van der Waals surface area contributed by atoms with Crippen LogP contribution in [-0.2, 0) is 17.9 Å². The van der Waals surface area contributed by atoms with E-state index >= 15 is 0 Å². The lowest BCUT2D eigenvalue weighted by atomic mass is 10.0. The number of amides is 1. The van der Waals surface area contributed by atoms with Gasteiger partial charge >= 0.3 is 0 Å². The van der Waals surface area contributed by atoms with Crippen molar-refractivity contribution in [2.24, 2.45) is 11.7 Å². The molecule has 1 aromatic rings. The number of nitrogens with zero attached hydrogens (tertiary/aromatic N) is 1. The molecule has 0 spiro atoms. The molecule has 17 heavy (non-hydrogen) atoms. The lowest BCUT2D eigenvalue weighted by Crippen LogP contribution is -2.30. The minimum Gasteiger partial charge on any atom is -0.334 e. The molecule has 1 aliphatic heterocycles. The first-order chi connectivity index (χ1) is 8.22. The van der Waals surface area contributed by atoms with Gasteiger partial charge in [-0.15, -0.1) is 0 Å². The van der Waals surface area contributed by atoms with Crippen LogP contribution >= 0.6 is 0 Å². The third kappa shape index (κ3) is 2.67. The zero-order chi connectivity index (χ0) is 12.3. The van der Waals surface area contributed by atoms with Crippen LogP contribution in [0.25, 0.3) is 0 Å². The van der Waals surface area contributed by atoms with Crippen LogP contribution in [0.2, 0.25) is 0 Å². The van der Waals surface area contributed by atoms with Gasteiger partial charge < -0.3 is 10.6 Å². The van der Waals surface area contributed by atoms with Gasteiger partial charge in [-0.25, -0.2) is 0 Å². The molecule has 0 aromatic heterocycles.